The van der Waals surface area contributed by atoms with Crippen LogP contribution in [0.5, 0.6) is 0 Å². The second kappa shape index (κ2) is 19.2. The molecule has 1 aromatic carbocycles. The maximum atomic E-state index is 14.3. The van der Waals surface area contributed by atoms with Gasteiger partial charge in [0.05, 0.1) is 13.0 Å². The number of benzene rings is 1. The molecule has 12 N–H and O–H groups in total. The van der Waals surface area contributed by atoms with E-state index >= 15 is 0 Å². The van der Waals surface area contributed by atoms with Crippen molar-refractivity contribution in [3.05, 3.63) is 36.0 Å². The number of carboxylic acids is 1. The molecule has 19 nitrogen and oxygen atoms in total. The summed E-state index contributed by atoms with van der Waals surface area (Å²) >= 11 is 0. The summed E-state index contributed by atoms with van der Waals surface area (Å²) in [5.74, 6) is -6.89. The van der Waals surface area contributed by atoms with Crippen molar-refractivity contribution in [1.82, 2.24) is 31.2 Å². The zero-order valence-electron chi connectivity index (χ0n) is 32.1. The van der Waals surface area contributed by atoms with Crippen LogP contribution in [0.15, 0.2) is 35.5 Å². The summed E-state index contributed by atoms with van der Waals surface area (Å²) in [4.78, 5) is 103. The van der Waals surface area contributed by atoms with Crippen LogP contribution >= 0.6 is 0 Å². The summed E-state index contributed by atoms with van der Waals surface area (Å²) in [6, 6.07) is -0.466. The van der Waals surface area contributed by atoms with E-state index in [0.29, 0.717) is 12.0 Å². The minimum absolute atomic E-state index is 0.0663. The third-order valence-electron chi connectivity index (χ3n) is 9.71. The molecule has 0 radical (unpaired) electrons. The van der Waals surface area contributed by atoms with Crippen molar-refractivity contribution in [2.45, 2.75) is 109 Å². The van der Waals surface area contributed by atoms with Gasteiger partial charge in [-0.25, -0.2) is 0 Å². The molecule has 2 aromatic rings. The number of guanidine groups is 1. The van der Waals surface area contributed by atoms with E-state index < -0.39 is 96.2 Å². The minimum atomic E-state index is -1.71. The fourth-order valence-corrected chi connectivity index (χ4v) is 6.86. The van der Waals surface area contributed by atoms with E-state index in [9.17, 15) is 38.7 Å². The Bertz CT molecular complexity index is 1810. The highest BCUT2D eigenvalue weighted by Crippen LogP contribution is 2.25. The number of carbonyl (C=O) groups is 7. The topological polar surface area (TPSA) is 307 Å². The molecule has 306 valence electrons. The number of rotatable bonds is 13. The number of nitrogens with two attached hydrogens (primary N) is 3. The number of nitrogens with zero attached hydrogens (tertiary/aromatic N) is 2. The number of carbonyl (C=O) groups excluding carboxylic acids is 6. The van der Waals surface area contributed by atoms with Gasteiger partial charge >= 0.3 is 11.9 Å². The fraction of sp³-hybridized carbons (Fsp3) is 0.568. The van der Waals surface area contributed by atoms with E-state index in [2.05, 4.69) is 31.2 Å². The first-order valence-corrected chi connectivity index (χ1v) is 18.7. The van der Waals surface area contributed by atoms with Crippen molar-refractivity contribution in [1.29, 1.82) is 0 Å². The largest absolute Gasteiger partial charge is 0.481 e. The molecule has 7 atom stereocenters. The monoisotopic (exact) mass is 782 g/mol. The Morgan fingerprint density at radius 1 is 0.929 bits per heavy atom. The Labute approximate surface area is 324 Å². The number of ether oxygens (including phenoxy) is 1. The standard InChI is InChI=1S/C37H54N10O9/c1-18(2)12-25-31(50)43-26(13-20-16-42-24-10-6-5-8-22(20)24)32(51)45-27(15-29(48)49)35(54)47-17-21(56-36(55)23(38)9-7-11-41-37(39)40)14-28(47)33(52)46-30(19(3)4)34(53)44-25/h5-6,8,10,16,18-19,21,23,25-28,30,42H,7,9,11-15,17,38H2,1-4H3,(H,43,50)(H,44,53)(H,45,51)(H,46,52)(H,48,49)(H4,39,40,41)/t21-,23+,25+,26-,27-,28+,30-/m1/s1. The molecule has 5 amide bonds. The van der Waals surface area contributed by atoms with Crippen LogP contribution < -0.4 is 38.5 Å². The summed E-state index contributed by atoms with van der Waals surface area (Å²) in [5.41, 5.74) is 18.2. The molecule has 0 saturated carbocycles. The maximum Gasteiger partial charge on any atom is 0.323 e. The molecule has 0 unspecified atom stereocenters. The zero-order valence-corrected chi connectivity index (χ0v) is 32.1. The Balaban J connectivity index is 1.72. The minimum Gasteiger partial charge on any atom is -0.481 e. The van der Waals surface area contributed by atoms with Gasteiger partial charge in [-0.05, 0) is 42.7 Å². The molecule has 2 aliphatic rings. The number of aliphatic carboxylic acids is 1. The lowest BCUT2D eigenvalue weighted by molar-refractivity contribution is -0.151. The van der Waals surface area contributed by atoms with Gasteiger partial charge < -0.3 is 58.2 Å². The van der Waals surface area contributed by atoms with Crippen LogP contribution in [-0.2, 0) is 44.7 Å². The second-order valence-corrected chi connectivity index (χ2v) is 15.1. The summed E-state index contributed by atoms with van der Waals surface area (Å²) < 4.78 is 5.64. The predicted octanol–water partition coefficient (Wildman–Crippen LogP) is -1.27. The smallest absolute Gasteiger partial charge is 0.323 e. The van der Waals surface area contributed by atoms with E-state index in [4.69, 9.17) is 21.9 Å². The molecule has 19 heteroatoms. The lowest BCUT2D eigenvalue weighted by Crippen LogP contribution is -2.59. The highest BCUT2D eigenvalue weighted by molar-refractivity contribution is 5.99. The van der Waals surface area contributed by atoms with Crippen LogP contribution in [0.4, 0.5) is 0 Å². The molecule has 0 bridgehead atoms. The highest BCUT2D eigenvalue weighted by Gasteiger charge is 2.46. The number of esters is 1. The van der Waals surface area contributed by atoms with Crippen LogP contribution in [0.3, 0.4) is 0 Å². The first-order chi connectivity index (χ1) is 26.4. The molecule has 1 aromatic heterocycles. The molecule has 0 aliphatic carbocycles. The normalized spacial score (nSPS) is 24.3. The number of nitrogens with one attached hydrogen (secondary N) is 5. The van der Waals surface area contributed by atoms with E-state index in [1.54, 1.807) is 20.0 Å². The Morgan fingerprint density at radius 2 is 1.59 bits per heavy atom. The number of aromatic amines is 1. The molecular formula is C37H54N10O9. The summed E-state index contributed by atoms with van der Waals surface area (Å²) in [6.45, 7) is 6.97. The Hall–Kier alpha value is -5.72. The van der Waals surface area contributed by atoms with Gasteiger partial charge in [0.2, 0.25) is 29.5 Å². The molecule has 2 saturated heterocycles. The van der Waals surface area contributed by atoms with Gasteiger partial charge in [0.25, 0.3) is 0 Å². The van der Waals surface area contributed by atoms with Gasteiger partial charge in [0.15, 0.2) is 5.96 Å². The average molecular weight is 783 g/mol. The number of amides is 5. The van der Waals surface area contributed by atoms with Crippen molar-refractivity contribution >= 4 is 58.3 Å². The van der Waals surface area contributed by atoms with Gasteiger partial charge in [-0.3, -0.25) is 38.6 Å². The average Bonchev–Trinajstić information content (AvgIpc) is 3.74. The number of aromatic nitrogens is 1. The first-order valence-electron chi connectivity index (χ1n) is 18.7. The zero-order chi connectivity index (χ0) is 41.3. The number of hydrogen-bond acceptors (Lipinski definition) is 10. The van der Waals surface area contributed by atoms with Crippen LogP contribution in [0, 0.1) is 11.8 Å². The number of hydrogen-bond donors (Lipinski definition) is 9. The Kier molecular flexibility index (Phi) is 14.8. The third kappa shape index (κ3) is 11.4. The van der Waals surface area contributed by atoms with Gasteiger partial charge in [0.1, 0.15) is 42.4 Å². The molecule has 2 fully saturated rings. The van der Waals surface area contributed by atoms with Crippen LogP contribution in [0.25, 0.3) is 10.9 Å². The number of carboxylic acid groups (broad SMARTS) is 1. The summed E-state index contributed by atoms with van der Waals surface area (Å²) in [6.07, 6.45) is 0.179. The summed E-state index contributed by atoms with van der Waals surface area (Å²) in [5, 5.41) is 21.3. The van der Waals surface area contributed by atoms with E-state index in [0.717, 1.165) is 15.8 Å². The van der Waals surface area contributed by atoms with Crippen molar-refractivity contribution in [3.63, 3.8) is 0 Å². The molecule has 2 aliphatic heterocycles. The molecule has 4 rings (SSSR count). The van der Waals surface area contributed by atoms with Crippen LogP contribution in [-0.4, -0.2) is 118 Å². The lowest BCUT2D eigenvalue weighted by atomic mass is 9.98. The maximum absolute atomic E-state index is 14.3. The number of para-hydroxylation sites is 1. The van der Waals surface area contributed by atoms with Crippen LogP contribution in [0.2, 0.25) is 0 Å². The summed E-state index contributed by atoms with van der Waals surface area (Å²) in [7, 11) is 0. The van der Waals surface area contributed by atoms with Gasteiger partial charge in [-0.1, -0.05) is 45.9 Å². The first kappa shape index (κ1) is 43.0. The molecule has 3 heterocycles. The van der Waals surface area contributed by atoms with Gasteiger partial charge in [0, 0.05) is 36.5 Å². The molecular weight excluding hydrogens is 728 g/mol. The van der Waals surface area contributed by atoms with E-state index in [-0.39, 0.29) is 50.7 Å². The number of aliphatic imine (C=N–C) groups is 1. The van der Waals surface area contributed by atoms with E-state index in [1.807, 2.05) is 38.1 Å². The SMILES string of the molecule is CC(C)C[C@@H]1NC(=O)[C@@H](C(C)C)NC(=O)[C@@H]2C[C@@H](OC(=O)[C@@H](N)CCCN=C(N)N)CN2C(=O)[C@@H](CC(=O)O)NC(=O)[C@@H](Cc2c[nH]c3ccccc23)NC1=O. The fourth-order valence-electron chi connectivity index (χ4n) is 6.86. The number of H-pyrrole nitrogens is 1. The molecule has 56 heavy (non-hydrogen) atoms. The quantitative estimate of drug-likeness (QED) is 0.0498. The van der Waals surface area contributed by atoms with Crippen molar-refractivity contribution in [3.8, 4) is 0 Å². The predicted molar refractivity (Wildman–Crippen MR) is 204 cm³/mol. The highest BCUT2D eigenvalue weighted by atomic mass is 16.5. The second-order valence-electron chi connectivity index (χ2n) is 15.1. The molecule has 0 spiro atoms. The van der Waals surface area contributed by atoms with Crippen molar-refractivity contribution < 1.29 is 43.4 Å². The van der Waals surface area contributed by atoms with Gasteiger partial charge in [-0.2, -0.15) is 0 Å². The van der Waals surface area contributed by atoms with Crippen molar-refractivity contribution in [2.75, 3.05) is 13.1 Å². The van der Waals surface area contributed by atoms with Gasteiger partial charge in [-0.15, -0.1) is 0 Å². The van der Waals surface area contributed by atoms with Crippen molar-refractivity contribution in [2.24, 2.45) is 34.0 Å². The lowest BCUT2D eigenvalue weighted by Gasteiger charge is -2.30. The Morgan fingerprint density at radius 3 is 2.25 bits per heavy atom. The number of fused-ring (bicyclic) bond motifs is 2. The van der Waals surface area contributed by atoms with E-state index in [1.165, 1.54) is 0 Å². The van der Waals surface area contributed by atoms with Crippen LogP contribution in [0.1, 0.15) is 65.4 Å². The third-order valence-corrected chi connectivity index (χ3v) is 9.71.